The predicted octanol–water partition coefficient (Wildman–Crippen LogP) is 5.52. The van der Waals surface area contributed by atoms with Crippen LogP contribution in [0.5, 0.6) is 17.2 Å². The molecule has 5 rings (SSSR count). The number of aliphatic hydroxyl groups is 1. The lowest BCUT2D eigenvalue weighted by atomic mass is 9.93. The summed E-state index contributed by atoms with van der Waals surface area (Å²) in [5.74, 6) is 1.18. The number of ether oxygens (including phenoxy) is 3. The summed E-state index contributed by atoms with van der Waals surface area (Å²) in [5, 5.41) is 10.7. The lowest BCUT2D eigenvalue weighted by molar-refractivity contribution is 0.0215. The molecule has 2 atom stereocenters. The van der Waals surface area contributed by atoms with Gasteiger partial charge in [-0.05, 0) is 41.0 Å². The third-order valence-corrected chi connectivity index (χ3v) is 5.73. The van der Waals surface area contributed by atoms with Gasteiger partial charge in [-0.15, -0.1) is 0 Å². The SMILES string of the molecule is O=C1c2ccccc2OC(c2ccc(OCc3ccccc3)c(OCc3ccccc3)c2)C1O. The molecule has 0 spiro atoms. The fourth-order valence-corrected chi connectivity index (χ4v) is 3.93. The quantitative estimate of drug-likeness (QED) is 0.400. The van der Waals surface area contributed by atoms with Crippen LogP contribution < -0.4 is 14.2 Å². The number of fused-ring (bicyclic) bond motifs is 1. The van der Waals surface area contributed by atoms with Gasteiger partial charge in [0.2, 0.25) is 0 Å². The summed E-state index contributed by atoms with van der Waals surface area (Å²) in [7, 11) is 0. The lowest BCUT2D eigenvalue weighted by Crippen LogP contribution is -2.36. The summed E-state index contributed by atoms with van der Waals surface area (Å²) in [4.78, 5) is 12.7. The fraction of sp³-hybridized carbons (Fsp3) is 0.138. The standard InChI is InChI=1S/C29H24O5/c30-27-23-13-7-8-14-24(23)34-29(28(27)31)22-15-16-25(32-18-20-9-3-1-4-10-20)26(17-22)33-19-21-11-5-2-6-12-21/h1-17,28-29,31H,18-19H2. The fourth-order valence-electron chi connectivity index (χ4n) is 3.93. The molecule has 4 aromatic carbocycles. The summed E-state index contributed by atoms with van der Waals surface area (Å²) in [6.45, 7) is 0.734. The lowest BCUT2D eigenvalue weighted by Gasteiger charge is -2.30. The van der Waals surface area contributed by atoms with Crippen LogP contribution in [0.4, 0.5) is 0 Å². The number of rotatable bonds is 7. The van der Waals surface area contributed by atoms with Gasteiger partial charge in [-0.3, -0.25) is 4.79 Å². The molecule has 5 nitrogen and oxygen atoms in total. The van der Waals surface area contributed by atoms with Crippen molar-refractivity contribution in [3.8, 4) is 17.2 Å². The summed E-state index contributed by atoms with van der Waals surface area (Å²) < 4.78 is 18.2. The maximum atomic E-state index is 12.7. The molecule has 170 valence electrons. The molecule has 0 fully saturated rings. The zero-order valence-corrected chi connectivity index (χ0v) is 18.5. The Morgan fingerprint density at radius 3 is 1.97 bits per heavy atom. The van der Waals surface area contributed by atoms with Crippen LogP contribution in [-0.4, -0.2) is 17.0 Å². The topological polar surface area (TPSA) is 65.0 Å². The second kappa shape index (κ2) is 9.81. The van der Waals surface area contributed by atoms with E-state index in [-0.39, 0.29) is 5.78 Å². The molecule has 0 aliphatic carbocycles. The summed E-state index contributed by atoms with van der Waals surface area (Å²) in [6.07, 6.45) is -2.15. The Morgan fingerprint density at radius 1 is 0.706 bits per heavy atom. The highest BCUT2D eigenvalue weighted by molar-refractivity contribution is 6.03. The monoisotopic (exact) mass is 452 g/mol. The molecule has 2 unspecified atom stereocenters. The van der Waals surface area contributed by atoms with E-state index in [1.54, 1.807) is 42.5 Å². The number of Topliss-reactive ketones (excluding diaryl/α,β-unsaturated/α-hetero) is 1. The molecule has 1 heterocycles. The van der Waals surface area contributed by atoms with Crippen LogP contribution >= 0.6 is 0 Å². The number of benzene rings is 4. The molecule has 1 aliphatic heterocycles. The number of hydrogen-bond donors (Lipinski definition) is 1. The van der Waals surface area contributed by atoms with Crippen LogP contribution in [0.25, 0.3) is 0 Å². The summed E-state index contributed by atoms with van der Waals surface area (Å²) in [6, 6.07) is 32.0. The molecule has 0 amide bonds. The number of carbonyl (C=O) groups excluding carboxylic acids is 1. The van der Waals surface area contributed by atoms with Crippen molar-refractivity contribution in [1.82, 2.24) is 0 Å². The summed E-state index contributed by atoms with van der Waals surface area (Å²) >= 11 is 0. The Kier molecular flexibility index (Phi) is 6.27. The number of aliphatic hydroxyl groups excluding tert-OH is 1. The molecule has 0 saturated carbocycles. The molecular formula is C29H24O5. The third kappa shape index (κ3) is 4.65. The third-order valence-electron chi connectivity index (χ3n) is 5.73. The average molecular weight is 453 g/mol. The minimum Gasteiger partial charge on any atom is -0.485 e. The largest absolute Gasteiger partial charge is 0.485 e. The first-order valence-electron chi connectivity index (χ1n) is 11.1. The molecule has 34 heavy (non-hydrogen) atoms. The first-order chi connectivity index (χ1) is 16.7. The number of ketones is 1. The van der Waals surface area contributed by atoms with Gasteiger partial charge in [-0.1, -0.05) is 78.9 Å². The zero-order chi connectivity index (χ0) is 23.3. The molecule has 1 aliphatic rings. The average Bonchev–Trinajstić information content (AvgIpc) is 2.90. The first-order valence-corrected chi connectivity index (χ1v) is 11.1. The highest BCUT2D eigenvalue weighted by Gasteiger charge is 2.37. The van der Waals surface area contributed by atoms with E-state index >= 15 is 0 Å². The van der Waals surface area contributed by atoms with Gasteiger partial charge in [0.05, 0.1) is 5.56 Å². The van der Waals surface area contributed by atoms with E-state index in [0.717, 1.165) is 11.1 Å². The number of para-hydroxylation sites is 1. The molecular weight excluding hydrogens is 428 g/mol. The van der Waals surface area contributed by atoms with E-state index in [1.807, 2.05) is 60.7 Å². The molecule has 0 bridgehead atoms. The van der Waals surface area contributed by atoms with Gasteiger partial charge in [0, 0.05) is 0 Å². The van der Waals surface area contributed by atoms with Crippen molar-refractivity contribution in [2.75, 3.05) is 0 Å². The van der Waals surface area contributed by atoms with Crippen LogP contribution in [0.1, 0.15) is 33.2 Å². The van der Waals surface area contributed by atoms with Gasteiger partial charge in [0.1, 0.15) is 19.0 Å². The second-order valence-electron chi connectivity index (χ2n) is 8.10. The minimum atomic E-state index is -1.31. The zero-order valence-electron chi connectivity index (χ0n) is 18.5. The van der Waals surface area contributed by atoms with E-state index in [9.17, 15) is 9.90 Å². The first kappa shape index (κ1) is 21.7. The van der Waals surface area contributed by atoms with E-state index in [2.05, 4.69) is 0 Å². The molecule has 5 heteroatoms. The summed E-state index contributed by atoms with van der Waals surface area (Å²) in [5.41, 5.74) is 3.06. The second-order valence-corrected chi connectivity index (χ2v) is 8.10. The van der Waals surface area contributed by atoms with Crippen LogP contribution in [0.2, 0.25) is 0 Å². The van der Waals surface area contributed by atoms with E-state index in [0.29, 0.717) is 41.6 Å². The van der Waals surface area contributed by atoms with E-state index in [1.165, 1.54) is 0 Å². The molecule has 0 radical (unpaired) electrons. The maximum absolute atomic E-state index is 12.7. The van der Waals surface area contributed by atoms with Gasteiger partial charge in [0.15, 0.2) is 29.5 Å². The number of hydrogen-bond acceptors (Lipinski definition) is 5. The van der Waals surface area contributed by atoms with Crippen molar-refractivity contribution >= 4 is 5.78 Å². The van der Waals surface area contributed by atoms with Crippen molar-refractivity contribution in [2.45, 2.75) is 25.4 Å². The smallest absolute Gasteiger partial charge is 0.199 e. The van der Waals surface area contributed by atoms with Gasteiger partial charge >= 0.3 is 0 Å². The molecule has 0 saturated heterocycles. The molecule has 1 N–H and O–H groups in total. The van der Waals surface area contributed by atoms with Crippen molar-refractivity contribution in [3.05, 3.63) is 125 Å². The van der Waals surface area contributed by atoms with Gasteiger partial charge in [0.25, 0.3) is 0 Å². The number of carbonyl (C=O) groups is 1. The van der Waals surface area contributed by atoms with Crippen molar-refractivity contribution in [3.63, 3.8) is 0 Å². The van der Waals surface area contributed by atoms with Crippen molar-refractivity contribution in [1.29, 1.82) is 0 Å². The Balaban J connectivity index is 1.43. The Bertz CT molecular complexity index is 1270. The highest BCUT2D eigenvalue weighted by Crippen LogP contribution is 2.38. The Hall–Kier alpha value is -4.09. The predicted molar refractivity (Wildman–Crippen MR) is 128 cm³/mol. The Labute approximate surface area is 198 Å². The van der Waals surface area contributed by atoms with Crippen molar-refractivity contribution in [2.24, 2.45) is 0 Å². The van der Waals surface area contributed by atoms with Crippen LogP contribution in [0.3, 0.4) is 0 Å². The van der Waals surface area contributed by atoms with Gasteiger partial charge < -0.3 is 19.3 Å². The molecule has 4 aromatic rings. The van der Waals surface area contributed by atoms with Crippen LogP contribution in [0.15, 0.2) is 103 Å². The van der Waals surface area contributed by atoms with Crippen LogP contribution in [0, 0.1) is 0 Å². The minimum absolute atomic E-state index is 0.349. The highest BCUT2D eigenvalue weighted by atomic mass is 16.5. The maximum Gasteiger partial charge on any atom is 0.199 e. The van der Waals surface area contributed by atoms with Gasteiger partial charge in [-0.25, -0.2) is 0 Å². The van der Waals surface area contributed by atoms with Crippen molar-refractivity contribution < 1.29 is 24.1 Å². The van der Waals surface area contributed by atoms with Gasteiger partial charge in [-0.2, -0.15) is 0 Å². The van der Waals surface area contributed by atoms with Crippen LogP contribution in [-0.2, 0) is 13.2 Å². The van der Waals surface area contributed by atoms with E-state index in [4.69, 9.17) is 14.2 Å². The Morgan fingerprint density at radius 2 is 1.29 bits per heavy atom. The normalized spacial score (nSPS) is 16.9. The molecule has 0 aromatic heterocycles. The van der Waals surface area contributed by atoms with E-state index < -0.39 is 12.2 Å².